The molecule has 0 spiro atoms. The zero-order valence-corrected chi connectivity index (χ0v) is 79.0. The van der Waals surface area contributed by atoms with Crippen LogP contribution in [0.3, 0.4) is 0 Å². The molecule has 0 aliphatic heterocycles. The maximum atomic E-state index is 5.40. The SMILES string of the molecule is c1ccc(-c2ccc(-c3nc(-c4ccc(-c5ccccc5)cc4)nc(-c4cc(-c5ccc(-c6ccccc6)c(-c6ccccc6)c5)cc(-c5ccc(-c6ccccc6)c(-c6ccccc6)c5)c4)n3)cc2)cc1.c1ccc(-c2cccc(-c3nc(-c4cccc(-c5ccccc5)c4)nc(-c4cc(-c5ccc(-c6ccccc6)c(-c6ccccc6)c5)cc(-c5ccc(-c6ccccc6)c(-c6ccccc6)c5)c4)n3)c2)cc1. The van der Waals surface area contributed by atoms with E-state index >= 15 is 0 Å². The molecular weight excluding hydrogens is 1740 g/mol. The van der Waals surface area contributed by atoms with Crippen LogP contribution in [0.1, 0.15) is 0 Å². The fourth-order valence-corrected chi connectivity index (χ4v) is 19.3. The molecule has 0 unspecified atom stereocenters. The Labute approximate surface area is 840 Å². The molecule has 676 valence electrons. The van der Waals surface area contributed by atoms with E-state index in [1.54, 1.807) is 0 Å². The Kier molecular flexibility index (Phi) is 25.4. The first-order chi connectivity index (χ1) is 71.3. The van der Waals surface area contributed by atoms with Crippen molar-refractivity contribution in [2.45, 2.75) is 0 Å². The van der Waals surface area contributed by atoms with E-state index in [4.69, 9.17) is 29.9 Å². The van der Waals surface area contributed by atoms with Gasteiger partial charge in [0.15, 0.2) is 34.9 Å². The molecule has 0 saturated carbocycles. The van der Waals surface area contributed by atoms with Crippen molar-refractivity contribution in [2.24, 2.45) is 0 Å². The molecule has 0 atom stereocenters. The molecule has 0 bridgehead atoms. The highest BCUT2D eigenvalue weighted by atomic mass is 15.0. The summed E-state index contributed by atoms with van der Waals surface area (Å²) in [6.07, 6.45) is 0. The number of aromatic nitrogens is 6. The van der Waals surface area contributed by atoms with Gasteiger partial charge in [-0.2, -0.15) is 0 Å². The van der Waals surface area contributed by atoms with Gasteiger partial charge in [0.05, 0.1) is 0 Å². The molecule has 144 heavy (non-hydrogen) atoms. The number of benzene rings is 22. The molecule has 22 aromatic carbocycles. The van der Waals surface area contributed by atoms with Gasteiger partial charge in [0.1, 0.15) is 0 Å². The summed E-state index contributed by atoms with van der Waals surface area (Å²) in [6, 6.07) is 202. The van der Waals surface area contributed by atoms with Crippen LogP contribution in [0.2, 0.25) is 0 Å². The Bertz CT molecular complexity index is 8130. The van der Waals surface area contributed by atoms with E-state index in [0.717, 1.165) is 167 Å². The molecule has 6 nitrogen and oxygen atoms in total. The van der Waals surface area contributed by atoms with Gasteiger partial charge in [-0.3, -0.25) is 0 Å². The van der Waals surface area contributed by atoms with Crippen LogP contribution in [-0.4, -0.2) is 29.9 Å². The average molecular weight is 1840 g/mol. The van der Waals surface area contributed by atoms with Gasteiger partial charge in [-0.15, -0.1) is 0 Å². The molecule has 0 saturated heterocycles. The summed E-state index contributed by atoms with van der Waals surface area (Å²) in [5.41, 5.74) is 41.6. The second-order valence-corrected chi connectivity index (χ2v) is 36.0. The number of hydrogen-bond acceptors (Lipinski definition) is 6. The smallest absolute Gasteiger partial charge is 0.164 e. The standard InChI is InChI=1S/2C69H47N3/c1-7-21-48(22-8-1)54-33-19-35-58(41-54)67-70-68(59-36-20-34-55(42-59)49-23-9-2-10-24-49)72-69(71-67)62-44-60(56-37-39-63(50-25-11-3-12-26-50)65(46-56)52-29-15-5-16-30-52)43-61(45-62)57-38-40-64(51-27-13-4-14-28-51)66(47-57)53-31-17-6-18-32-53;1-7-19-48(20-8-1)50-31-35-56(36-32-50)67-70-68(57-37-33-51(34-38-57)49-21-9-2-10-22-49)72-69(71-67)62-44-60(58-39-41-63(52-23-11-3-12-24-52)65(46-58)54-27-15-5-16-28-54)43-61(45-62)59-40-42-64(53-25-13-4-14-26-53)66(47-59)55-29-17-6-18-30-55/h2*1-47H. The van der Waals surface area contributed by atoms with Gasteiger partial charge in [-0.25, -0.2) is 29.9 Å². The predicted molar refractivity (Wildman–Crippen MR) is 599 cm³/mol. The van der Waals surface area contributed by atoms with Crippen molar-refractivity contribution >= 4 is 0 Å². The highest BCUT2D eigenvalue weighted by molar-refractivity contribution is 5.96. The first-order valence-electron chi connectivity index (χ1n) is 48.8. The van der Waals surface area contributed by atoms with E-state index in [1.807, 2.05) is 24.3 Å². The lowest BCUT2D eigenvalue weighted by Crippen LogP contribution is -2.01. The van der Waals surface area contributed by atoms with Crippen LogP contribution in [0, 0.1) is 0 Å². The van der Waals surface area contributed by atoms with Crippen LogP contribution >= 0.6 is 0 Å². The van der Waals surface area contributed by atoms with Crippen LogP contribution in [0.15, 0.2) is 570 Å². The second kappa shape index (κ2) is 41.3. The van der Waals surface area contributed by atoms with Crippen molar-refractivity contribution < 1.29 is 0 Å². The van der Waals surface area contributed by atoms with E-state index in [1.165, 1.54) is 44.5 Å². The van der Waals surface area contributed by atoms with Crippen LogP contribution in [-0.2, 0) is 0 Å². The summed E-state index contributed by atoms with van der Waals surface area (Å²) < 4.78 is 0. The van der Waals surface area contributed by atoms with Crippen LogP contribution in [0.4, 0.5) is 0 Å². The summed E-state index contributed by atoms with van der Waals surface area (Å²) in [4.78, 5) is 32.0. The Morgan fingerprint density at radius 3 is 0.424 bits per heavy atom. The molecule has 24 aromatic rings. The normalized spacial score (nSPS) is 11.1. The molecule has 2 heterocycles. The maximum Gasteiger partial charge on any atom is 0.164 e. The first kappa shape index (κ1) is 88.8. The Morgan fingerprint density at radius 2 is 0.201 bits per heavy atom. The third-order valence-electron chi connectivity index (χ3n) is 26.7. The van der Waals surface area contributed by atoms with Gasteiger partial charge in [-0.05, 0) is 251 Å². The summed E-state index contributed by atoms with van der Waals surface area (Å²) in [5, 5.41) is 0. The van der Waals surface area contributed by atoms with Crippen molar-refractivity contribution in [2.75, 3.05) is 0 Å². The molecule has 0 amide bonds. The van der Waals surface area contributed by atoms with Gasteiger partial charge in [0.2, 0.25) is 0 Å². The fourth-order valence-electron chi connectivity index (χ4n) is 19.3. The molecule has 0 radical (unpaired) electrons. The largest absolute Gasteiger partial charge is 0.208 e. The van der Waals surface area contributed by atoms with Crippen molar-refractivity contribution in [3.63, 3.8) is 0 Å². The molecule has 24 rings (SSSR count). The molecule has 0 fully saturated rings. The zero-order chi connectivity index (χ0) is 96.1. The lowest BCUT2D eigenvalue weighted by molar-refractivity contribution is 1.07. The van der Waals surface area contributed by atoms with Gasteiger partial charge in [0, 0.05) is 33.4 Å². The zero-order valence-electron chi connectivity index (χ0n) is 79.0. The van der Waals surface area contributed by atoms with Crippen LogP contribution in [0.25, 0.3) is 246 Å². The van der Waals surface area contributed by atoms with Crippen molar-refractivity contribution in [3.8, 4) is 246 Å². The summed E-state index contributed by atoms with van der Waals surface area (Å²) >= 11 is 0. The predicted octanol–water partition coefficient (Wildman–Crippen LogP) is 36.4. The molecule has 2 aromatic heterocycles. The maximum absolute atomic E-state index is 5.40. The van der Waals surface area contributed by atoms with Gasteiger partial charge < -0.3 is 0 Å². The van der Waals surface area contributed by atoms with Crippen molar-refractivity contribution in [3.05, 3.63) is 570 Å². The van der Waals surface area contributed by atoms with Crippen molar-refractivity contribution in [1.82, 2.24) is 29.9 Å². The molecular formula is C138H94N6. The Hall–Kier alpha value is -19.1. The van der Waals surface area contributed by atoms with Crippen LogP contribution < -0.4 is 0 Å². The average Bonchev–Trinajstić information content (AvgIpc) is 0.767. The lowest BCUT2D eigenvalue weighted by Gasteiger charge is -2.17. The number of nitrogens with zero attached hydrogens (tertiary/aromatic N) is 6. The van der Waals surface area contributed by atoms with Gasteiger partial charge >= 0.3 is 0 Å². The lowest BCUT2D eigenvalue weighted by atomic mass is 9.88. The number of hydrogen-bond donors (Lipinski definition) is 0. The first-order valence-corrected chi connectivity index (χ1v) is 48.8. The fraction of sp³-hybridized carbons (Fsp3) is 0. The highest BCUT2D eigenvalue weighted by Gasteiger charge is 2.24. The topological polar surface area (TPSA) is 77.3 Å². The minimum absolute atomic E-state index is 0.585. The van der Waals surface area contributed by atoms with E-state index in [9.17, 15) is 0 Å². The minimum Gasteiger partial charge on any atom is -0.208 e. The van der Waals surface area contributed by atoms with Gasteiger partial charge in [-0.1, -0.05) is 497 Å². The van der Waals surface area contributed by atoms with Gasteiger partial charge in [0.25, 0.3) is 0 Å². The van der Waals surface area contributed by atoms with E-state index in [2.05, 4.69) is 546 Å². The summed E-state index contributed by atoms with van der Waals surface area (Å²) in [7, 11) is 0. The third kappa shape index (κ3) is 19.6. The molecule has 6 heteroatoms. The Morgan fingerprint density at radius 1 is 0.0694 bits per heavy atom. The van der Waals surface area contributed by atoms with E-state index < -0.39 is 0 Å². The molecule has 0 N–H and O–H groups in total. The highest BCUT2D eigenvalue weighted by Crippen LogP contribution is 2.46. The van der Waals surface area contributed by atoms with E-state index in [0.29, 0.717) is 34.9 Å². The quantitative estimate of drug-likeness (QED) is 0.0673. The van der Waals surface area contributed by atoms with E-state index in [-0.39, 0.29) is 0 Å². The van der Waals surface area contributed by atoms with Crippen molar-refractivity contribution in [1.29, 1.82) is 0 Å². The monoisotopic (exact) mass is 1830 g/mol. The summed E-state index contributed by atoms with van der Waals surface area (Å²) in [6.45, 7) is 0. The van der Waals surface area contributed by atoms with Crippen LogP contribution in [0.5, 0.6) is 0 Å². The Balaban J connectivity index is 0.000000159. The second-order valence-electron chi connectivity index (χ2n) is 36.0. The third-order valence-corrected chi connectivity index (χ3v) is 26.7. The number of rotatable bonds is 22. The summed E-state index contributed by atoms with van der Waals surface area (Å²) in [5.74, 6) is 3.58. The molecule has 0 aliphatic carbocycles. The minimum atomic E-state index is 0.585. The molecule has 0 aliphatic rings.